The highest BCUT2D eigenvalue weighted by atomic mass is 15.3. The first-order chi connectivity index (χ1) is 9.83. The van der Waals surface area contributed by atoms with Crippen LogP contribution in [0.25, 0.3) is 0 Å². The summed E-state index contributed by atoms with van der Waals surface area (Å²) < 4.78 is 2.22. The third-order valence-electron chi connectivity index (χ3n) is 4.43. The molecule has 3 heteroatoms. The summed E-state index contributed by atoms with van der Waals surface area (Å²) in [5.74, 6) is 0. The number of hydrogen-bond acceptors (Lipinski definition) is 2. The van der Waals surface area contributed by atoms with Crippen molar-refractivity contribution >= 4 is 0 Å². The molecule has 1 unspecified atom stereocenters. The molecule has 3 nitrogen and oxygen atoms in total. The van der Waals surface area contributed by atoms with Crippen molar-refractivity contribution in [2.45, 2.75) is 83.7 Å². The fraction of sp³-hybridized carbons (Fsp3) is 0.824. The Balaban J connectivity index is 1.79. The van der Waals surface area contributed by atoms with E-state index in [1.807, 2.05) is 0 Å². The van der Waals surface area contributed by atoms with Crippen LogP contribution in [0.2, 0.25) is 0 Å². The average Bonchev–Trinajstić information content (AvgIpc) is 3.12. The van der Waals surface area contributed by atoms with Gasteiger partial charge in [-0.3, -0.25) is 4.68 Å². The molecule has 0 aliphatic heterocycles. The molecule has 1 N–H and O–H groups in total. The van der Waals surface area contributed by atoms with E-state index in [1.54, 1.807) is 0 Å². The van der Waals surface area contributed by atoms with Gasteiger partial charge in [-0.2, -0.15) is 5.10 Å². The topological polar surface area (TPSA) is 29.9 Å². The van der Waals surface area contributed by atoms with Crippen LogP contribution in [0.4, 0.5) is 0 Å². The lowest BCUT2D eigenvalue weighted by atomic mass is 10.0. The van der Waals surface area contributed by atoms with Gasteiger partial charge in [0, 0.05) is 12.2 Å². The van der Waals surface area contributed by atoms with Crippen molar-refractivity contribution < 1.29 is 0 Å². The van der Waals surface area contributed by atoms with E-state index in [1.165, 1.54) is 57.1 Å². The first-order valence-corrected chi connectivity index (χ1v) is 8.61. The molecule has 0 radical (unpaired) electrons. The summed E-state index contributed by atoms with van der Waals surface area (Å²) in [4.78, 5) is 0. The maximum Gasteiger partial charge on any atom is 0.0625 e. The fourth-order valence-corrected chi connectivity index (χ4v) is 3.25. The lowest BCUT2D eigenvalue weighted by molar-refractivity contribution is 0.438. The summed E-state index contributed by atoms with van der Waals surface area (Å²) in [5.41, 5.74) is 1.27. The van der Waals surface area contributed by atoms with Gasteiger partial charge in [-0.25, -0.2) is 0 Å². The molecular weight excluding hydrogens is 246 g/mol. The monoisotopic (exact) mass is 277 g/mol. The maximum absolute atomic E-state index is 4.79. The average molecular weight is 277 g/mol. The second kappa shape index (κ2) is 8.46. The van der Waals surface area contributed by atoms with Gasteiger partial charge in [-0.15, -0.1) is 0 Å². The van der Waals surface area contributed by atoms with Crippen LogP contribution in [-0.4, -0.2) is 22.4 Å². The smallest absolute Gasteiger partial charge is 0.0625 e. The third-order valence-corrected chi connectivity index (χ3v) is 4.43. The SMILES string of the molecule is CCCNC(CCC)CCc1ccn(C2CCCC2)n1. The molecule has 0 amide bonds. The van der Waals surface area contributed by atoms with E-state index in [0.29, 0.717) is 12.1 Å². The number of aryl methyl sites for hydroxylation is 1. The van der Waals surface area contributed by atoms with Crippen molar-refractivity contribution in [3.8, 4) is 0 Å². The summed E-state index contributed by atoms with van der Waals surface area (Å²) >= 11 is 0. The van der Waals surface area contributed by atoms with Gasteiger partial charge in [0.2, 0.25) is 0 Å². The van der Waals surface area contributed by atoms with Crippen molar-refractivity contribution in [3.05, 3.63) is 18.0 Å². The Morgan fingerprint density at radius 3 is 2.75 bits per heavy atom. The molecule has 1 heterocycles. The fourth-order valence-electron chi connectivity index (χ4n) is 3.25. The van der Waals surface area contributed by atoms with Gasteiger partial charge < -0.3 is 5.32 Å². The second-order valence-electron chi connectivity index (χ2n) is 6.20. The van der Waals surface area contributed by atoms with E-state index in [2.05, 4.69) is 36.1 Å². The Morgan fingerprint density at radius 1 is 1.25 bits per heavy atom. The van der Waals surface area contributed by atoms with Crippen LogP contribution in [0, 0.1) is 0 Å². The zero-order chi connectivity index (χ0) is 14.2. The Morgan fingerprint density at radius 2 is 2.05 bits per heavy atom. The first-order valence-electron chi connectivity index (χ1n) is 8.61. The molecule has 1 atom stereocenters. The summed E-state index contributed by atoms with van der Waals surface area (Å²) in [7, 11) is 0. The van der Waals surface area contributed by atoms with Gasteiger partial charge in [-0.1, -0.05) is 33.1 Å². The summed E-state index contributed by atoms with van der Waals surface area (Å²) in [5, 5.41) is 8.46. The Kier molecular flexibility index (Phi) is 6.58. The molecule has 20 heavy (non-hydrogen) atoms. The van der Waals surface area contributed by atoms with Gasteiger partial charge in [0.1, 0.15) is 0 Å². The minimum atomic E-state index is 0.664. The molecule has 1 aliphatic carbocycles. The van der Waals surface area contributed by atoms with Gasteiger partial charge in [0.25, 0.3) is 0 Å². The van der Waals surface area contributed by atoms with Crippen molar-refractivity contribution in [2.24, 2.45) is 0 Å². The van der Waals surface area contributed by atoms with Crippen molar-refractivity contribution in [3.63, 3.8) is 0 Å². The Bertz CT molecular complexity index is 366. The highest BCUT2D eigenvalue weighted by Crippen LogP contribution is 2.28. The number of aromatic nitrogens is 2. The predicted molar refractivity (Wildman–Crippen MR) is 85.0 cm³/mol. The van der Waals surface area contributed by atoms with E-state index in [4.69, 9.17) is 5.10 Å². The number of nitrogens with zero attached hydrogens (tertiary/aromatic N) is 2. The highest BCUT2D eigenvalue weighted by Gasteiger charge is 2.17. The molecule has 2 rings (SSSR count). The van der Waals surface area contributed by atoms with Gasteiger partial charge >= 0.3 is 0 Å². The quantitative estimate of drug-likeness (QED) is 0.736. The summed E-state index contributed by atoms with van der Waals surface area (Å²) in [6, 6.07) is 3.56. The molecular formula is C17H31N3. The van der Waals surface area contributed by atoms with Crippen molar-refractivity contribution in [1.29, 1.82) is 0 Å². The van der Waals surface area contributed by atoms with Crippen LogP contribution in [0.1, 0.15) is 76.9 Å². The first kappa shape index (κ1) is 15.6. The molecule has 1 aliphatic rings. The van der Waals surface area contributed by atoms with E-state index >= 15 is 0 Å². The number of nitrogens with one attached hydrogen (secondary N) is 1. The van der Waals surface area contributed by atoms with Crippen molar-refractivity contribution in [2.75, 3.05) is 6.54 Å². The molecule has 1 fully saturated rings. The van der Waals surface area contributed by atoms with Crippen LogP contribution in [0.15, 0.2) is 12.3 Å². The lowest BCUT2D eigenvalue weighted by Gasteiger charge is -2.17. The molecule has 1 aromatic heterocycles. The molecule has 0 spiro atoms. The van der Waals surface area contributed by atoms with Crippen LogP contribution < -0.4 is 5.32 Å². The lowest BCUT2D eigenvalue weighted by Crippen LogP contribution is -2.30. The summed E-state index contributed by atoms with van der Waals surface area (Å²) in [6.45, 7) is 5.65. The van der Waals surface area contributed by atoms with Gasteiger partial charge in [0.15, 0.2) is 0 Å². The van der Waals surface area contributed by atoms with Crippen LogP contribution in [0.3, 0.4) is 0 Å². The molecule has 1 aromatic rings. The van der Waals surface area contributed by atoms with E-state index in [0.717, 1.165) is 13.0 Å². The highest BCUT2D eigenvalue weighted by molar-refractivity contribution is 5.01. The molecule has 114 valence electrons. The standard InChI is InChI=1S/C17H31N3/c1-3-7-15(18-13-4-2)10-11-16-12-14-20(19-16)17-8-5-6-9-17/h12,14-15,17-18H,3-11,13H2,1-2H3. The normalized spacial score (nSPS) is 17.7. The number of hydrogen-bond donors (Lipinski definition) is 1. The van der Waals surface area contributed by atoms with Crippen molar-refractivity contribution in [1.82, 2.24) is 15.1 Å². The maximum atomic E-state index is 4.79. The van der Waals surface area contributed by atoms with E-state index < -0.39 is 0 Å². The zero-order valence-corrected chi connectivity index (χ0v) is 13.3. The van der Waals surface area contributed by atoms with E-state index in [9.17, 15) is 0 Å². The minimum absolute atomic E-state index is 0.664. The molecule has 0 bridgehead atoms. The van der Waals surface area contributed by atoms with Crippen LogP contribution in [0.5, 0.6) is 0 Å². The van der Waals surface area contributed by atoms with Gasteiger partial charge in [0.05, 0.1) is 11.7 Å². The van der Waals surface area contributed by atoms with E-state index in [-0.39, 0.29) is 0 Å². The minimum Gasteiger partial charge on any atom is -0.314 e. The second-order valence-corrected chi connectivity index (χ2v) is 6.20. The Labute approximate surface area is 124 Å². The molecule has 0 saturated heterocycles. The third kappa shape index (κ3) is 4.62. The molecule has 0 aromatic carbocycles. The zero-order valence-electron chi connectivity index (χ0n) is 13.3. The summed E-state index contributed by atoms with van der Waals surface area (Å²) in [6.07, 6.45) is 13.7. The Hall–Kier alpha value is -0.830. The van der Waals surface area contributed by atoms with Crippen LogP contribution >= 0.6 is 0 Å². The van der Waals surface area contributed by atoms with Gasteiger partial charge in [-0.05, 0) is 51.1 Å². The predicted octanol–water partition coefficient (Wildman–Crippen LogP) is 4.10. The largest absolute Gasteiger partial charge is 0.314 e. The molecule has 1 saturated carbocycles. The van der Waals surface area contributed by atoms with Crippen LogP contribution in [-0.2, 0) is 6.42 Å². The number of rotatable bonds is 9.